The Labute approximate surface area is 148 Å². The van der Waals surface area contributed by atoms with E-state index in [2.05, 4.69) is 10.3 Å². The third-order valence-corrected chi connectivity index (χ3v) is 5.21. The Morgan fingerprint density at radius 2 is 2.04 bits per heavy atom. The van der Waals surface area contributed by atoms with E-state index in [1.165, 1.54) is 11.3 Å². The van der Waals surface area contributed by atoms with Gasteiger partial charge < -0.3 is 4.74 Å². The molecule has 1 atom stereocenters. The molecule has 0 unspecified atom stereocenters. The lowest BCUT2D eigenvalue weighted by molar-refractivity contribution is -0.128. The molecule has 2 aromatic rings. The van der Waals surface area contributed by atoms with Crippen LogP contribution in [0.5, 0.6) is 5.75 Å². The van der Waals surface area contributed by atoms with Gasteiger partial charge in [0.25, 0.3) is 5.91 Å². The van der Waals surface area contributed by atoms with Gasteiger partial charge in [0.2, 0.25) is 0 Å². The highest BCUT2D eigenvalue weighted by molar-refractivity contribution is 7.13. The van der Waals surface area contributed by atoms with E-state index in [0.717, 1.165) is 12.0 Å². The van der Waals surface area contributed by atoms with Gasteiger partial charge in [-0.2, -0.15) is 0 Å². The zero-order chi connectivity index (χ0) is 16.7. The average molecular weight is 371 g/mol. The molecule has 1 aliphatic carbocycles. The van der Waals surface area contributed by atoms with Crippen LogP contribution in [-0.2, 0) is 4.79 Å². The van der Waals surface area contributed by atoms with Gasteiger partial charge in [-0.05, 0) is 38.0 Å². The smallest absolute Gasteiger partial charge is 0.269 e. The van der Waals surface area contributed by atoms with Crippen LogP contribution in [0.15, 0.2) is 35.8 Å². The van der Waals surface area contributed by atoms with Crippen molar-refractivity contribution in [1.82, 2.24) is 4.98 Å². The third-order valence-electron chi connectivity index (χ3n) is 3.68. The fraction of sp³-hybridized carbons (Fsp3) is 0.375. The Hall–Kier alpha value is -1.30. The first kappa shape index (κ1) is 16.6. The summed E-state index contributed by atoms with van der Waals surface area (Å²) in [4.78, 5) is 16.3. The maximum atomic E-state index is 12.3. The van der Waals surface area contributed by atoms with Gasteiger partial charge in [-0.1, -0.05) is 12.1 Å². The first-order valence-corrected chi connectivity index (χ1v) is 8.79. The molecule has 0 spiro atoms. The minimum absolute atomic E-state index is 0.168. The Morgan fingerprint density at radius 3 is 2.57 bits per heavy atom. The molecular formula is C16H16Cl2N2O2S. The molecule has 1 N–H and O–H groups in total. The lowest BCUT2D eigenvalue weighted by Crippen LogP contribution is -2.42. The fourth-order valence-electron chi connectivity index (χ4n) is 2.22. The highest BCUT2D eigenvalue weighted by atomic mass is 35.5. The second kappa shape index (κ2) is 5.96. The van der Waals surface area contributed by atoms with E-state index in [0.29, 0.717) is 10.9 Å². The molecule has 0 bridgehead atoms. The molecule has 1 fully saturated rings. The zero-order valence-electron chi connectivity index (χ0n) is 12.7. The second-order valence-electron chi connectivity index (χ2n) is 5.99. The molecule has 7 heteroatoms. The number of benzene rings is 1. The summed E-state index contributed by atoms with van der Waals surface area (Å²) < 4.78 is 5.17. The van der Waals surface area contributed by atoms with E-state index < -0.39 is 9.93 Å². The first-order chi connectivity index (χ1) is 10.8. The van der Waals surface area contributed by atoms with Crippen molar-refractivity contribution >= 4 is 45.6 Å². The summed E-state index contributed by atoms with van der Waals surface area (Å²) in [7, 11) is 0. The lowest BCUT2D eigenvalue weighted by atomic mass is 10.1. The molecule has 1 aromatic carbocycles. The van der Waals surface area contributed by atoms with Crippen molar-refractivity contribution in [3.8, 4) is 5.75 Å². The first-order valence-electron chi connectivity index (χ1n) is 7.16. The number of anilines is 1. The predicted molar refractivity (Wildman–Crippen MR) is 93.7 cm³/mol. The molecule has 1 aliphatic rings. The van der Waals surface area contributed by atoms with Crippen molar-refractivity contribution in [2.75, 3.05) is 5.32 Å². The third kappa shape index (κ3) is 3.79. The number of hydrogen-bond acceptors (Lipinski definition) is 4. The van der Waals surface area contributed by atoms with Crippen LogP contribution in [0.2, 0.25) is 0 Å². The molecular weight excluding hydrogens is 355 g/mol. The average Bonchev–Trinajstić information content (AvgIpc) is 2.87. The molecule has 1 heterocycles. The molecule has 3 rings (SSSR count). The maximum absolute atomic E-state index is 12.3. The summed E-state index contributed by atoms with van der Waals surface area (Å²) in [6.45, 7) is 3.43. The monoisotopic (exact) mass is 370 g/mol. The van der Waals surface area contributed by atoms with Gasteiger partial charge in [-0.3, -0.25) is 10.1 Å². The molecule has 0 radical (unpaired) electrons. The SMILES string of the molecule is CC(C)(Oc1ccc([C@@H]2CC2(Cl)Cl)cc1)C(=O)Nc1nccs1. The summed E-state index contributed by atoms with van der Waals surface area (Å²) in [6.07, 6.45) is 2.40. The van der Waals surface area contributed by atoms with Crippen LogP contribution in [0.1, 0.15) is 31.7 Å². The van der Waals surface area contributed by atoms with Crippen LogP contribution >= 0.6 is 34.5 Å². The lowest BCUT2D eigenvalue weighted by Gasteiger charge is -2.24. The van der Waals surface area contributed by atoms with Gasteiger partial charge in [-0.25, -0.2) is 4.98 Å². The molecule has 1 amide bonds. The number of alkyl halides is 2. The van der Waals surface area contributed by atoms with Gasteiger partial charge in [0.15, 0.2) is 10.7 Å². The number of rotatable bonds is 5. The Kier molecular flexibility index (Phi) is 4.29. The van der Waals surface area contributed by atoms with Crippen molar-refractivity contribution in [3.63, 3.8) is 0 Å². The Bertz CT molecular complexity index is 699. The van der Waals surface area contributed by atoms with E-state index in [-0.39, 0.29) is 11.8 Å². The largest absolute Gasteiger partial charge is 0.478 e. The van der Waals surface area contributed by atoms with Crippen LogP contribution in [0, 0.1) is 0 Å². The molecule has 23 heavy (non-hydrogen) atoms. The standard InChI is InChI=1S/C16H16Cl2N2O2S/c1-15(2,13(21)20-14-19-7-8-23-14)22-11-5-3-10(4-6-11)12-9-16(12,17)18/h3-8,12H,9H2,1-2H3,(H,19,20,21)/t12-/m0/s1. The normalized spacial score (nSPS) is 19.2. The Morgan fingerprint density at radius 1 is 1.39 bits per heavy atom. The van der Waals surface area contributed by atoms with Gasteiger partial charge in [0, 0.05) is 17.5 Å². The number of nitrogens with zero attached hydrogens (tertiary/aromatic N) is 1. The fourth-order valence-corrected chi connectivity index (χ4v) is 3.30. The van der Waals surface area contributed by atoms with E-state index in [1.807, 2.05) is 24.3 Å². The van der Waals surface area contributed by atoms with Crippen LogP contribution < -0.4 is 10.1 Å². The summed E-state index contributed by atoms with van der Waals surface area (Å²) >= 11 is 13.5. The van der Waals surface area contributed by atoms with Crippen LogP contribution in [-0.4, -0.2) is 20.8 Å². The highest BCUT2D eigenvalue weighted by Crippen LogP contribution is 2.59. The second-order valence-corrected chi connectivity index (χ2v) is 8.43. The van der Waals surface area contributed by atoms with Crippen molar-refractivity contribution in [2.45, 2.75) is 36.1 Å². The number of carbonyl (C=O) groups excluding carboxylic acids is 1. The van der Waals surface area contributed by atoms with Crippen LogP contribution in [0.3, 0.4) is 0 Å². The number of carbonyl (C=O) groups is 1. The minimum Gasteiger partial charge on any atom is -0.478 e. The number of halogens is 2. The van der Waals surface area contributed by atoms with Gasteiger partial charge in [-0.15, -0.1) is 34.5 Å². The molecule has 1 saturated carbocycles. The zero-order valence-corrected chi connectivity index (χ0v) is 15.0. The molecule has 122 valence electrons. The quantitative estimate of drug-likeness (QED) is 0.782. The van der Waals surface area contributed by atoms with Gasteiger partial charge in [0.05, 0.1) is 0 Å². The predicted octanol–water partition coefficient (Wildman–Crippen LogP) is 4.60. The molecule has 1 aromatic heterocycles. The number of hydrogen-bond donors (Lipinski definition) is 1. The molecule has 4 nitrogen and oxygen atoms in total. The van der Waals surface area contributed by atoms with Crippen molar-refractivity contribution in [1.29, 1.82) is 0 Å². The van der Waals surface area contributed by atoms with Crippen LogP contribution in [0.25, 0.3) is 0 Å². The summed E-state index contributed by atoms with van der Waals surface area (Å²) in [5.74, 6) is 0.531. The van der Waals surface area contributed by atoms with Crippen LogP contribution in [0.4, 0.5) is 5.13 Å². The number of amides is 1. The van der Waals surface area contributed by atoms with E-state index >= 15 is 0 Å². The minimum atomic E-state index is -1.02. The van der Waals surface area contributed by atoms with E-state index in [9.17, 15) is 4.79 Å². The maximum Gasteiger partial charge on any atom is 0.269 e. The molecule has 0 saturated heterocycles. The number of ether oxygens (including phenoxy) is 1. The van der Waals surface area contributed by atoms with Crippen molar-refractivity contribution in [2.24, 2.45) is 0 Å². The summed E-state index contributed by atoms with van der Waals surface area (Å²) in [5.41, 5.74) is 0.0579. The van der Waals surface area contributed by atoms with Gasteiger partial charge >= 0.3 is 0 Å². The summed E-state index contributed by atoms with van der Waals surface area (Å²) in [6, 6.07) is 7.52. The number of thiazole rings is 1. The van der Waals surface area contributed by atoms with Gasteiger partial charge in [0.1, 0.15) is 10.1 Å². The van der Waals surface area contributed by atoms with Crippen molar-refractivity contribution in [3.05, 3.63) is 41.4 Å². The van der Waals surface area contributed by atoms with Crippen molar-refractivity contribution < 1.29 is 9.53 Å². The van der Waals surface area contributed by atoms with E-state index in [1.54, 1.807) is 25.4 Å². The van der Waals surface area contributed by atoms with E-state index in [4.69, 9.17) is 27.9 Å². The molecule has 0 aliphatic heterocycles. The summed E-state index contributed by atoms with van der Waals surface area (Å²) in [5, 5.41) is 5.09. The number of nitrogens with one attached hydrogen (secondary N) is 1. The number of aromatic nitrogens is 1. The topological polar surface area (TPSA) is 51.2 Å². The Balaban J connectivity index is 1.64. The highest BCUT2D eigenvalue weighted by Gasteiger charge is 2.52.